The van der Waals surface area contributed by atoms with Crippen molar-refractivity contribution in [1.29, 1.82) is 0 Å². The number of piperidine rings is 1. The minimum absolute atomic E-state index is 0.248. The number of fused-ring (bicyclic) bond motifs is 1. The predicted octanol–water partition coefficient (Wildman–Crippen LogP) is 3.84. The molecule has 0 radical (unpaired) electrons. The normalized spacial score (nSPS) is 20.8. The molecule has 4 nitrogen and oxygen atoms in total. The Morgan fingerprint density at radius 2 is 2.13 bits per heavy atom. The first-order chi connectivity index (χ1) is 11.1. The zero-order valence-electron chi connectivity index (χ0n) is 13.8. The lowest BCUT2D eigenvalue weighted by atomic mass is 9.95. The zero-order valence-corrected chi connectivity index (χ0v) is 15.4. The topological polar surface area (TPSA) is 41.6 Å². The molecular formula is C17H24N2O2S2. The van der Waals surface area contributed by atoms with E-state index in [4.69, 9.17) is 17.0 Å². The number of ether oxygens (including phenoxy) is 1. The highest BCUT2D eigenvalue weighted by Crippen LogP contribution is 2.38. The molecule has 3 rings (SSSR count). The highest BCUT2D eigenvalue weighted by molar-refractivity contribution is 7.80. The van der Waals surface area contributed by atoms with Crippen molar-refractivity contribution in [1.82, 2.24) is 4.90 Å². The molecule has 126 valence electrons. The molecule has 1 fully saturated rings. The van der Waals surface area contributed by atoms with Crippen LogP contribution in [0.15, 0.2) is 0 Å². The summed E-state index contributed by atoms with van der Waals surface area (Å²) < 4.78 is 5.02. The number of nitrogens with one attached hydrogen (secondary N) is 1. The molecule has 0 unspecified atom stereocenters. The van der Waals surface area contributed by atoms with E-state index in [1.165, 1.54) is 36.8 Å². The molecule has 23 heavy (non-hydrogen) atoms. The summed E-state index contributed by atoms with van der Waals surface area (Å²) in [6.45, 7) is 4.25. The number of thiocarbonyl (C=S) groups is 1. The molecule has 1 N–H and O–H groups in total. The third-order valence-electron chi connectivity index (χ3n) is 4.73. The van der Waals surface area contributed by atoms with Crippen LogP contribution in [0, 0.1) is 5.92 Å². The quantitative estimate of drug-likeness (QED) is 0.647. The van der Waals surface area contributed by atoms with Gasteiger partial charge in [0.25, 0.3) is 0 Å². The highest BCUT2D eigenvalue weighted by atomic mass is 32.1. The largest absolute Gasteiger partial charge is 0.465 e. The third kappa shape index (κ3) is 3.53. The molecule has 1 aromatic heterocycles. The first-order valence-corrected chi connectivity index (χ1v) is 9.61. The molecule has 1 aliphatic carbocycles. The van der Waals surface area contributed by atoms with Crippen LogP contribution in [-0.4, -0.2) is 36.2 Å². The summed E-state index contributed by atoms with van der Waals surface area (Å²) in [6, 6.07) is 0. The average molecular weight is 353 g/mol. The molecule has 1 aromatic rings. The van der Waals surface area contributed by atoms with Crippen LogP contribution in [0.2, 0.25) is 0 Å². The van der Waals surface area contributed by atoms with Gasteiger partial charge in [-0.2, -0.15) is 0 Å². The van der Waals surface area contributed by atoms with Crippen LogP contribution in [0.1, 0.15) is 53.4 Å². The smallest absolute Gasteiger partial charge is 0.341 e. The maximum atomic E-state index is 12.3. The number of anilines is 1. The maximum absolute atomic E-state index is 12.3. The third-order valence-corrected chi connectivity index (χ3v) is 6.29. The second kappa shape index (κ2) is 7.18. The van der Waals surface area contributed by atoms with E-state index in [0.29, 0.717) is 11.5 Å². The van der Waals surface area contributed by atoms with Crippen molar-refractivity contribution in [3.63, 3.8) is 0 Å². The monoisotopic (exact) mass is 352 g/mol. The van der Waals surface area contributed by atoms with Crippen LogP contribution in [0.5, 0.6) is 0 Å². The summed E-state index contributed by atoms with van der Waals surface area (Å²) in [4.78, 5) is 15.8. The molecule has 2 heterocycles. The molecule has 1 aliphatic heterocycles. The lowest BCUT2D eigenvalue weighted by molar-refractivity contribution is 0.0601. The molecule has 1 saturated heterocycles. The Balaban J connectivity index is 1.83. The Labute approximate surface area is 147 Å². The van der Waals surface area contributed by atoms with Gasteiger partial charge < -0.3 is 15.0 Å². The van der Waals surface area contributed by atoms with Crippen LogP contribution < -0.4 is 5.32 Å². The second-order valence-corrected chi connectivity index (χ2v) is 8.02. The minimum Gasteiger partial charge on any atom is -0.465 e. The lowest BCUT2D eigenvalue weighted by Crippen LogP contribution is -2.41. The first-order valence-electron chi connectivity index (χ1n) is 8.39. The number of esters is 1. The van der Waals surface area contributed by atoms with Crippen LogP contribution in [0.4, 0.5) is 5.00 Å². The van der Waals surface area contributed by atoms with E-state index in [2.05, 4.69) is 17.1 Å². The number of likely N-dealkylation sites (tertiary alicyclic amines) is 1. The molecule has 0 spiro atoms. The molecule has 0 bridgehead atoms. The van der Waals surface area contributed by atoms with Crippen LogP contribution in [0.25, 0.3) is 0 Å². The summed E-state index contributed by atoms with van der Waals surface area (Å²) in [5.41, 5.74) is 1.88. The standard InChI is InChI=1S/C17H24N2O2S2/c1-11-6-5-9-19(10-11)17(22)18-15-14(16(20)21-2)12-7-3-4-8-13(12)23-15/h11H,3-10H2,1-2H3,(H,18,22)/t11-/m0/s1. The summed E-state index contributed by atoms with van der Waals surface area (Å²) in [7, 11) is 1.45. The van der Waals surface area contributed by atoms with E-state index in [1.807, 2.05) is 0 Å². The fraction of sp³-hybridized carbons (Fsp3) is 0.647. The van der Waals surface area contributed by atoms with Crippen LogP contribution >= 0.6 is 23.6 Å². The molecule has 6 heteroatoms. The van der Waals surface area contributed by atoms with Gasteiger partial charge in [-0.3, -0.25) is 0 Å². The van der Waals surface area contributed by atoms with E-state index in [1.54, 1.807) is 11.3 Å². The second-order valence-electron chi connectivity index (χ2n) is 6.53. The lowest BCUT2D eigenvalue weighted by Gasteiger charge is -2.33. The summed E-state index contributed by atoms with van der Waals surface area (Å²) >= 11 is 7.27. The van der Waals surface area contributed by atoms with Gasteiger partial charge in [0.15, 0.2) is 5.11 Å². The van der Waals surface area contributed by atoms with Gasteiger partial charge in [-0.25, -0.2) is 4.79 Å². The van der Waals surface area contributed by atoms with Crippen LogP contribution in [0.3, 0.4) is 0 Å². The van der Waals surface area contributed by atoms with Gasteiger partial charge >= 0.3 is 5.97 Å². The Bertz CT molecular complexity index is 612. The van der Waals surface area contributed by atoms with E-state index in [-0.39, 0.29) is 5.97 Å². The maximum Gasteiger partial charge on any atom is 0.341 e. The van der Waals surface area contributed by atoms with Crippen molar-refractivity contribution in [3.8, 4) is 0 Å². The van der Waals surface area contributed by atoms with E-state index in [0.717, 1.165) is 42.5 Å². The van der Waals surface area contributed by atoms with E-state index in [9.17, 15) is 4.79 Å². The summed E-state index contributed by atoms with van der Waals surface area (Å²) in [5.74, 6) is 0.418. The number of hydrogen-bond donors (Lipinski definition) is 1. The van der Waals surface area contributed by atoms with Gasteiger partial charge in [0.05, 0.1) is 12.7 Å². The fourth-order valence-corrected chi connectivity index (χ4v) is 5.13. The zero-order chi connectivity index (χ0) is 16.4. The van der Waals surface area contributed by atoms with Crippen molar-refractivity contribution in [2.24, 2.45) is 5.92 Å². The Morgan fingerprint density at radius 1 is 1.35 bits per heavy atom. The number of hydrogen-bond acceptors (Lipinski definition) is 4. The number of aryl methyl sites for hydroxylation is 1. The average Bonchev–Trinajstić information content (AvgIpc) is 2.92. The number of rotatable bonds is 2. The molecular weight excluding hydrogens is 328 g/mol. The highest BCUT2D eigenvalue weighted by Gasteiger charge is 2.27. The number of carbonyl (C=O) groups is 1. The van der Waals surface area contributed by atoms with Gasteiger partial charge in [-0.15, -0.1) is 11.3 Å². The van der Waals surface area contributed by atoms with Crippen molar-refractivity contribution in [2.45, 2.75) is 45.4 Å². The summed E-state index contributed by atoms with van der Waals surface area (Å²) in [6.07, 6.45) is 6.79. The Hall–Kier alpha value is -1.14. The van der Waals surface area contributed by atoms with E-state index < -0.39 is 0 Å². The number of carbonyl (C=O) groups excluding carboxylic acids is 1. The predicted molar refractivity (Wildman–Crippen MR) is 98.5 cm³/mol. The van der Waals surface area contributed by atoms with Gasteiger partial charge in [0.2, 0.25) is 0 Å². The molecule has 2 aliphatic rings. The van der Waals surface area contributed by atoms with Crippen molar-refractivity contribution in [2.75, 3.05) is 25.5 Å². The molecule has 0 amide bonds. The van der Waals surface area contributed by atoms with E-state index >= 15 is 0 Å². The SMILES string of the molecule is COC(=O)c1c(NC(=S)N2CCC[C@H](C)C2)sc2c1CCCC2. The van der Waals surface area contributed by atoms with Gasteiger partial charge in [-0.05, 0) is 62.2 Å². The number of nitrogens with zero attached hydrogens (tertiary/aromatic N) is 1. The summed E-state index contributed by atoms with van der Waals surface area (Å²) in [5, 5.41) is 4.95. The van der Waals surface area contributed by atoms with Gasteiger partial charge in [0, 0.05) is 18.0 Å². The Kier molecular flexibility index (Phi) is 5.21. The molecule has 0 saturated carbocycles. The van der Waals surface area contributed by atoms with Crippen LogP contribution in [-0.2, 0) is 17.6 Å². The Morgan fingerprint density at radius 3 is 2.87 bits per heavy atom. The molecule has 0 aromatic carbocycles. The fourth-order valence-electron chi connectivity index (χ4n) is 3.52. The van der Waals surface area contributed by atoms with Crippen molar-refractivity contribution < 1.29 is 9.53 Å². The minimum atomic E-state index is -0.248. The van der Waals surface area contributed by atoms with Crippen molar-refractivity contribution in [3.05, 3.63) is 16.0 Å². The number of methoxy groups -OCH3 is 1. The first kappa shape index (κ1) is 16.7. The molecule has 1 atom stereocenters. The van der Waals surface area contributed by atoms with Gasteiger partial charge in [0.1, 0.15) is 5.00 Å². The number of thiophene rings is 1. The van der Waals surface area contributed by atoms with Gasteiger partial charge in [-0.1, -0.05) is 6.92 Å². The van der Waals surface area contributed by atoms with Crippen molar-refractivity contribution >= 4 is 39.6 Å².